The normalized spacial score (nSPS) is 20.0. The van der Waals surface area contributed by atoms with Gasteiger partial charge in [-0.25, -0.2) is 4.79 Å². The number of amides is 1. The molecule has 0 aliphatic carbocycles. The second kappa shape index (κ2) is 5.72. The molecule has 0 saturated carbocycles. The van der Waals surface area contributed by atoms with Crippen molar-refractivity contribution in [3.63, 3.8) is 0 Å². The number of esters is 1. The quantitative estimate of drug-likeness (QED) is 0.614. The highest BCUT2D eigenvalue weighted by atomic mass is 127. The highest BCUT2D eigenvalue weighted by molar-refractivity contribution is 14.1. The summed E-state index contributed by atoms with van der Waals surface area (Å²) in [5.74, 6) is -0.776. The Labute approximate surface area is 142 Å². The van der Waals surface area contributed by atoms with Crippen molar-refractivity contribution in [1.29, 1.82) is 0 Å². The van der Waals surface area contributed by atoms with Crippen LogP contribution < -0.4 is 5.32 Å². The number of anilines is 1. The van der Waals surface area contributed by atoms with Crippen LogP contribution >= 0.6 is 22.6 Å². The molecular weight excluding hydrogens is 393 g/mol. The fourth-order valence-electron chi connectivity index (χ4n) is 2.48. The van der Waals surface area contributed by atoms with Crippen molar-refractivity contribution < 1.29 is 14.3 Å². The molecule has 112 valence electrons. The molecule has 0 spiro atoms. The van der Waals surface area contributed by atoms with Gasteiger partial charge in [-0.15, -0.1) is 0 Å². The van der Waals surface area contributed by atoms with Gasteiger partial charge in [0.25, 0.3) is 5.91 Å². The van der Waals surface area contributed by atoms with Crippen molar-refractivity contribution in [1.82, 2.24) is 0 Å². The molecule has 2 aromatic rings. The molecule has 0 fully saturated rings. The SMILES string of the molecule is C[C@@]1(C(=O)Nc2ccccc2I)Cc2ccccc2C(=O)O1. The van der Waals surface area contributed by atoms with E-state index < -0.39 is 11.6 Å². The predicted molar refractivity (Wildman–Crippen MR) is 91.8 cm³/mol. The molecule has 5 heteroatoms. The van der Waals surface area contributed by atoms with Gasteiger partial charge in [0.1, 0.15) is 0 Å². The number of halogens is 1. The van der Waals surface area contributed by atoms with E-state index in [2.05, 4.69) is 27.9 Å². The summed E-state index contributed by atoms with van der Waals surface area (Å²) in [6.07, 6.45) is 0.365. The average Bonchev–Trinajstić information content (AvgIpc) is 2.49. The summed E-state index contributed by atoms with van der Waals surface area (Å²) in [7, 11) is 0. The summed E-state index contributed by atoms with van der Waals surface area (Å²) in [6, 6.07) is 14.7. The minimum Gasteiger partial charge on any atom is -0.445 e. The van der Waals surface area contributed by atoms with Crippen LogP contribution in [-0.2, 0) is 16.0 Å². The molecule has 1 heterocycles. The van der Waals surface area contributed by atoms with Crippen molar-refractivity contribution in [3.05, 3.63) is 63.2 Å². The van der Waals surface area contributed by atoms with Crippen LogP contribution in [0.25, 0.3) is 0 Å². The summed E-state index contributed by atoms with van der Waals surface area (Å²) < 4.78 is 6.35. The first-order valence-electron chi connectivity index (χ1n) is 6.87. The third-order valence-corrected chi connectivity index (χ3v) is 4.63. The second-order valence-corrected chi connectivity index (χ2v) is 6.55. The molecule has 3 rings (SSSR count). The molecule has 1 aliphatic rings. The van der Waals surface area contributed by atoms with E-state index in [9.17, 15) is 9.59 Å². The third kappa shape index (κ3) is 2.72. The van der Waals surface area contributed by atoms with Gasteiger partial charge in [-0.05, 0) is 53.3 Å². The van der Waals surface area contributed by atoms with Crippen molar-refractivity contribution in [2.75, 3.05) is 5.32 Å². The number of fused-ring (bicyclic) bond motifs is 1. The van der Waals surface area contributed by atoms with Gasteiger partial charge in [0.2, 0.25) is 0 Å². The maximum atomic E-state index is 12.6. The Bertz CT molecular complexity index is 759. The van der Waals surface area contributed by atoms with Gasteiger partial charge in [0.15, 0.2) is 5.60 Å². The summed E-state index contributed by atoms with van der Waals surface area (Å²) in [6.45, 7) is 1.64. The minimum absolute atomic E-state index is 0.320. The van der Waals surface area contributed by atoms with Crippen LogP contribution in [0.5, 0.6) is 0 Å². The Balaban J connectivity index is 1.87. The van der Waals surface area contributed by atoms with Gasteiger partial charge in [0, 0.05) is 9.99 Å². The van der Waals surface area contributed by atoms with E-state index in [0.29, 0.717) is 17.7 Å². The molecule has 2 aromatic carbocycles. The molecular formula is C17H14INO3. The summed E-state index contributed by atoms with van der Waals surface area (Å²) >= 11 is 2.15. The number of carbonyl (C=O) groups is 2. The Kier molecular flexibility index (Phi) is 3.90. The molecule has 0 saturated heterocycles. The zero-order chi connectivity index (χ0) is 15.7. The molecule has 1 aliphatic heterocycles. The van der Waals surface area contributed by atoms with Gasteiger partial charge in [0.05, 0.1) is 11.3 Å². The smallest absolute Gasteiger partial charge is 0.339 e. The Morgan fingerprint density at radius 2 is 1.86 bits per heavy atom. The van der Waals surface area contributed by atoms with Crippen LogP contribution in [0, 0.1) is 3.57 Å². The summed E-state index contributed by atoms with van der Waals surface area (Å²) in [4.78, 5) is 24.7. The molecule has 0 radical (unpaired) electrons. The number of hydrogen-bond acceptors (Lipinski definition) is 3. The Hall–Kier alpha value is -1.89. The van der Waals surface area contributed by atoms with E-state index in [0.717, 1.165) is 9.13 Å². The molecule has 1 atom stereocenters. The lowest BCUT2D eigenvalue weighted by molar-refractivity contribution is -0.134. The molecule has 4 nitrogen and oxygen atoms in total. The first-order valence-corrected chi connectivity index (χ1v) is 7.95. The number of cyclic esters (lactones) is 1. The predicted octanol–water partition coefficient (Wildman–Crippen LogP) is 3.40. The Morgan fingerprint density at radius 3 is 2.64 bits per heavy atom. The first-order chi connectivity index (χ1) is 10.5. The molecule has 0 aromatic heterocycles. The van der Waals surface area contributed by atoms with Crippen LogP contribution in [0.4, 0.5) is 5.69 Å². The molecule has 22 heavy (non-hydrogen) atoms. The van der Waals surface area contributed by atoms with Crippen molar-refractivity contribution in [2.45, 2.75) is 18.9 Å². The fraction of sp³-hybridized carbons (Fsp3) is 0.176. The fourth-order valence-corrected chi connectivity index (χ4v) is 3.00. The van der Waals surface area contributed by atoms with Gasteiger partial charge in [-0.3, -0.25) is 4.79 Å². The van der Waals surface area contributed by atoms with E-state index in [4.69, 9.17) is 4.74 Å². The van der Waals surface area contributed by atoms with Crippen LogP contribution in [-0.4, -0.2) is 17.5 Å². The summed E-state index contributed by atoms with van der Waals surface area (Å²) in [5.41, 5.74) is 0.870. The van der Waals surface area contributed by atoms with Crippen molar-refractivity contribution in [2.24, 2.45) is 0 Å². The van der Waals surface area contributed by atoms with Gasteiger partial charge >= 0.3 is 5.97 Å². The first kappa shape index (κ1) is 15.0. The number of carbonyl (C=O) groups excluding carboxylic acids is 2. The zero-order valence-corrected chi connectivity index (χ0v) is 14.1. The van der Waals surface area contributed by atoms with Crippen LogP contribution in [0.2, 0.25) is 0 Å². The molecule has 0 bridgehead atoms. The van der Waals surface area contributed by atoms with E-state index in [1.54, 1.807) is 19.1 Å². The highest BCUT2D eigenvalue weighted by Crippen LogP contribution is 2.29. The number of rotatable bonds is 2. The lowest BCUT2D eigenvalue weighted by Crippen LogP contribution is -2.49. The lowest BCUT2D eigenvalue weighted by Gasteiger charge is -2.33. The average molecular weight is 407 g/mol. The number of para-hydroxylation sites is 1. The standard InChI is InChI=1S/C17H14INO3/c1-17(16(21)19-14-9-5-4-8-13(14)18)10-11-6-2-3-7-12(11)15(20)22-17/h2-9H,10H2,1H3,(H,19,21)/t17-/m0/s1. The molecule has 1 N–H and O–H groups in total. The van der Waals surface area contributed by atoms with Crippen LogP contribution in [0.1, 0.15) is 22.8 Å². The maximum Gasteiger partial charge on any atom is 0.339 e. The Morgan fingerprint density at radius 1 is 1.18 bits per heavy atom. The second-order valence-electron chi connectivity index (χ2n) is 5.39. The van der Waals surface area contributed by atoms with Gasteiger partial charge < -0.3 is 10.1 Å². The van der Waals surface area contributed by atoms with Gasteiger partial charge in [-0.1, -0.05) is 30.3 Å². The van der Waals surface area contributed by atoms with E-state index in [1.165, 1.54) is 0 Å². The third-order valence-electron chi connectivity index (χ3n) is 3.69. The molecule has 0 unspecified atom stereocenters. The monoisotopic (exact) mass is 407 g/mol. The largest absolute Gasteiger partial charge is 0.445 e. The van der Waals surface area contributed by atoms with Crippen molar-refractivity contribution >= 4 is 40.2 Å². The van der Waals surface area contributed by atoms with Crippen LogP contribution in [0.15, 0.2) is 48.5 Å². The number of nitrogens with one attached hydrogen (secondary N) is 1. The highest BCUT2D eigenvalue weighted by Gasteiger charge is 2.42. The maximum absolute atomic E-state index is 12.6. The van der Waals surface area contributed by atoms with E-state index in [-0.39, 0.29) is 5.91 Å². The lowest BCUT2D eigenvalue weighted by atomic mass is 9.89. The zero-order valence-electron chi connectivity index (χ0n) is 11.9. The van der Waals surface area contributed by atoms with E-state index >= 15 is 0 Å². The number of hydrogen-bond donors (Lipinski definition) is 1. The van der Waals surface area contributed by atoms with E-state index in [1.807, 2.05) is 36.4 Å². The topological polar surface area (TPSA) is 55.4 Å². The summed E-state index contributed by atoms with van der Waals surface area (Å²) in [5, 5.41) is 2.85. The van der Waals surface area contributed by atoms with Crippen LogP contribution in [0.3, 0.4) is 0 Å². The number of benzene rings is 2. The molecule has 1 amide bonds. The van der Waals surface area contributed by atoms with Gasteiger partial charge in [-0.2, -0.15) is 0 Å². The van der Waals surface area contributed by atoms with Crippen molar-refractivity contribution in [3.8, 4) is 0 Å². The minimum atomic E-state index is -1.20. The number of ether oxygens (including phenoxy) is 1.